The Labute approximate surface area is 108 Å². The maximum absolute atomic E-state index is 12.3. The van der Waals surface area contributed by atoms with E-state index in [0.717, 1.165) is 25.2 Å². The second-order valence-corrected chi connectivity index (χ2v) is 4.79. The number of anilines is 1. The Balaban J connectivity index is 2.09. The molecule has 0 spiro atoms. The van der Waals surface area contributed by atoms with Gasteiger partial charge < -0.3 is 10.2 Å². The number of hydrogen-bond acceptors (Lipinski definition) is 3. The zero-order valence-corrected chi connectivity index (χ0v) is 11.1. The van der Waals surface area contributed by atoms with Crippen molar-refractivity contribution in [3.8, 4) is 0 Å². The van der Waals surface area contributed by atoms with Crippen molar-refractivity contribution < 1.29 is 4.79 Å². The van der Waals surface area contributed by atoms with E-state index < -0.39 is 0 Å². The van der Waals surface area contributed by atoms with Crippen molar-refractivity contribution in [1.82, 2.24) is 9.88 Å². The number of amides is 1. The molecule has 1 aliphatic carbocycles. The Bertz CT molecular complexity index is 413. The molecule has 0 radical (unpaired) electrons. The van der Waals surface area contributed by atoms with Crippen molar-refractivity contribution in [2.45, 2.75) is 38.6 Å². The highest BCUT2D eigenvalue weighted by molar-refractivity contribution is 5.92. The van der Waals surface area contributed by atoms with E-state index >= 15 is 0 Å². The smallest absolute Gasteiger partial charge is 0.272 e. The molecule has 0 unspecified atom stereocenters. The van der Waals surface area contributed by atoms with E-state index in [9.17, 15) is 4.79 Å². The SMILES string of the molecule is CCNc1cccc(C(=O)N(C)C2CCCC2)n1. The van der Waals surface area contributed by atoms with Crippen LogP contribution in [0.1, 0.15) is 43.1 Å². The molecular formula is C14H21N3O. The summed E-state index contributed by atoms with van der Waals surface area (Å²) in [6.45, 7) is 2.82. The molecule has 18 heavy (non-hydrogen) atoms. The second kappa shape index (κ2) is 5.85. The van der Waals surface area contributed by atoms with Crippen LogP contribution in [0, 0.1) is 0 Å². The third kappa shape index (κ3) is 2.81. The van der Waals surface area contributed by atoms with Crippen LogP contribution in [0.3, 0.4) is 0 Å². The van der Waals surface area contributed by atoms with Crippen molar-refractivity contribution in [3.05, 3.63) is 23.9 Å². The van der Waals surface area contributed by atoms with E-state index in [2.05, 4.69) is 10.3 Å². The molecule has 0 atom stereocenters. The Morgan fingerprint density at radius 3 is 2.83 bits per heavy atom. The molecule has 4 nitrogen and oxygen atoms in total. The molecular weight excluding hydrogens is 226 g/mol. The zero-order valence-electron chi connectivity index (χ0n) is 11.1. The first kappa shape index (κ1) is 12.9. The van der Waals surface area contributed by atoms with Crippen molar-refractivity contribution in [1.29, 1.82) is 0 Å². The molecule has 0 saturated heterocycles. The molecule has 1 amide bonds. The number of pyridine rings is 1. The Morgan fingerprint density at radius 1 is 1.44 bits per heavy atom. The van der Waals surface area contributed by atoms with Gasteiger partial charge in [-0.05, 0) is 31.9 Å². The quantitative estimate of drug-likeness (QED) is 0.889. The van der Waals surface area contributed by atoms with E-state index in [4.69, 9.17) is 0 Å². The number of rotatable bonds is 4. The van der Waals surface area contributed by atoms with E-state index in [1.165, 1.54) is 12.8 Å². The van der Waals surface area contributed by atoms with Crippen LogP contribution in [-0.2, 0) is 0 Å². The monoisotopic (exact) mass is 247 g/mol. The summed E-state index contributed by atoms with van der Waals surface area (Å²) in [5.41, 5.74) is 0.530. The summed E-state index contributed by atoms with van der Waals surface area (Å²) in [7, 11) is 1.89. The van der Waals surface area contributed by atoms with Gasteiger partial charge in [0.1, 0.15) is 11.5 Å². The zero-order chi connectivity index (χ0) is 13.0. The van der Waals surface area contributed by atoms with Gasteiger partial charge in [-0.25, -0.2) is 4.98 Å². The molecule has 0 aliphatic heterocycles. The third-order valence-corrected chi connectivity index (χ3v) is 3.52. The van der Waals surface area contributed by atoms with Gasteiger partial charge in [-0.2, -0.15) is 0 Å². The van der Waals surface area contributed by atoms with E-state index in [0.29, 0.717) is 11.7 Å². The minimum Gasteiger partial charge on any atom is -0.370 e. The normalized spacial score (nSPS) is 15.7. The van der Waals surface area contributed by atoms with E-state index in [-0.39, 0.29) is 5.91 Å². The first-order valence-corrected chi connectivity index (χ1v) is 6.70. The highest BCUT2D eigenvalue weighted by Crippen LogP contribution is 2.23. The van der Waals surface area contributed by atoms with E-state index in [1.54, 1.807) is 6.07 Å². The number of nitrogens with one attached hydrogen (secondary N) is 1. The van der Waals surface area contributed by atoms with Crippen LogP contribution in [0.15, 0.2) is 18.2 Å². The molecule has 1 N–H and O–H groups in total. The average molecular weight is 247 g/mol. The lowest BCUT2D eigenvalue weighted by molar-refractivity contribution is 0.0729. The van der Waals surface area contributed by atoms with Crippen LogP contribution in [0.25, 0.3) is 0 Å². The van der Waals surface area contributed by atoms with Gasteiger partial charge in [0.15, 0.2) is 0 Å². The van der Waals surface area contributed by atoms with Crippen LogP contribution >= 0.6 is 0 Å². The van der Waals surface area contributed by atoms with Crippen molar-refractivity contribution >= 4 is 11.7 Å². The molecule has 0 aromatic carbocycles. The fourth-order valence-corrected chi connectivity index (χ4v) is 2.47. The molecule has 0 bridgehead atoms. The maximum Gasteiger partial charge on any atom is 0.272 e. The minimum atomic E-state index is 0.0293. The molecule has 4 heteroatoms. The van der Waals surface area contributed by atoms with Gasteiger partial charge in [0, 0.05) is 19.6 Å². The number of nitrogens with zero attached hydrogens (tertiary/aromatic N) is 2. The fraction of sp³-hybridized carbons (Fsp3) is 0.571. The summed E-state index contributed by atoms with van der Waals surface area (Å²) >= 11 is 0. The molecule has 1 fully saturated rings. The number of carbonyl (C=O) groups is 1. The highest BCUT2D eigenvalue weighted by atomic mass is 16.2. The number of carbonyl (C=O) groups excluding carboxylic acids is 1. The summed E-state index contributed by atoms with van der Waals surface area (Å²) < 4.78 is 0. The lowest BCUT2D eigenvalue weighted by atomic mass is 10.2. The van der Waals surface area contributed by atoms with Gasteiger partial charge in [-0.3, -0.25) is 4.79 Å². The number of hydrogen-bond donors (Lipinski definition) is 1. The third-order valence-electron chi connectivity index (χ3n) is 3.52. The molecule has 98 valence electrons. The first-order chi connectivity index (χ1) is 8.72. The molecule has 1 heterocycles. The lowest BCUT2D eigenvalue weighted by Crippen LogP contribution is -2.35. The summed E-state index contributed by atoms with van der Waals surface area (Å²) in [6, 6.07) is 5.94. The van der Waals surface area contributed by atoms with Crippen molar-refractivity contribution in [2.75, 3.05) is 18.9 Å². The fourth-order valence-electron chi connectivity index (χ4n) is 2.47. The topological polar surface area (TPSA) is 45.2 Å². The largest absolute Gasteiger partial charge is 0.370 e. The molecule has 2 rings (SSSR count). The average Bonchev–Trinajstić information content (AvgIpc) is 2.91. The Kier molecular flexibility index (Phi) is 4.18. The van der Waals surface area contributed by atoms with Gasteiger partial charge in [-0.15, -0.1) is 0 Å². The summed E-state index contributed by atoms with van der Waals surface area (Å²) in [6.07, 6.45) is 4.70. The van der Waals surface area contributed by atoms with Crippen LogP contribution in [0.4, 0.5) is 5.82 Å². The summed E-state index contributed by atoms with van der Waals surface area (Å²) in [4.78, 5) is 18.5. The van der Waals surface area contributed by atoms with Gasteiger partial charge in [0.05, 0.1) is 0 Å². The minimum absolute atomic E-state index is 0.0293. The standard InChI is InChI=1S/C14H21N3O/c1-3-15-13-10-6-9-12(16-13)14(18)17(2)11-7-4-5-8-11/h6,9-11H,3-5,7-8H2,1-2H3,(H,15,16). The van der Waals surface area contributed by atoms with Crippen LogP contribution in [0.5, 0.6) is 0 Å². The number of aromatic nitrogens is 1. The van der Waals surface area contributed by atoms with Gasteiger partial charge >= 0.3 is 0 Å². The van der Waals surface area contributed by atoms with Crippen LogP contribution in [-0.4, -0.2) is 35.4 Å². The highest BCUT2D eigenvalue weighted by Gasteiger charge is 2.24. The second-order valence-electron chi connectivity index (χ2n) is 4.79. The first-order valence-electron chi connectivity index (χ1n) is 6.70. The van der Waals surface area contributed by atoms with E-state index in [1.807, 2.05) is 31.0 Å². The summed E-state index contributed by atoms with van der Waals surface area (Å²) in [5.74, 6) is 0.796. The summed E-state index contributed by atoms with van der Waals surface area (Å²) in [5, 5.41) is 3.13. The van der Waals surface area contributed by atoms with Gasteiger partial charge in [0.25, 0.3) is 5.91 Å². The predicted octanol–water partition coefficient (Wildman–Crippen LogP) is 2.53. The van der Waals surface area contributed by atoms with Gasteiger partial charge in [-0.1, -0.05) is 18.9 Å². The Hall–Kier alpha value is -1.58. The lowest BCUT2D eigenvalue weighted by Gasteiger charge is -2.24. The van der Waals surface area contributed by atoms with Gasteiger partial charge in [0.2, 0.25) is 0 Å². The van der Waals surface area contributed by atoms with Crippen molar-refractivity contribution in [3.63, 3.8) is 0 Å². The predicted molar refractivity (Wildman–Crippen MR) is 72.8 cm³/mol. The van der Waals surface area contributed by atoms with Crippen molar-refractivity contribution in [2.24, 2.45) is 0 Å². The molecule has 1 aromatic heterocycles. The molecule has 1 aliphatic rings. The Morgan fingerprint density at radius 2 is 2.17 bits per heavy atom. The maximum atomic E-state index is 12.3. The molecule has 1 saturated carbocycles. The van der Waals surface area contributed by atoms with Crippen LogP contribution < -0.4 is 5.32 Å². The molecule has 1 aromatic rings. The van der Waals surface area contributed by atoms with Crippen LogP contribution in [0.2, 0.25) is 0 Å².